The summed E-state index contributed by atoms with van der Waals surface area (Å²) in [6.45, 7) is 1.96. The zero-order valence-electron chi connectivity index (χ0n) is 18.8. The third kappa shape index (κ3) is 4.91. The van der Waals surface area contributed by atoms with Crippen molar-refractivity contribution in [3.8, 4) is 0 Å². The van der Waals surface area contributed by atoms with Crippen molar-refractivity contribution < 1.29 is 18.3 Å². The molecular formula is C26H24F3N5O. The molecule has 0 amide bonds. The molecule has 1 atom stereocenters. The van der Waals surface area contributed by atoms with Gasteiger partial charge in [0.2, 0.25) is 0 Å². The van der Waals surface area contributed by atoms with Crippen LogP contribution in [-0.2, 0) is 19.4 Å². The highest BCUT2D eigenvalue weighted by atomic mass is 19.2. The number of imidazole rings is 1. The van der Waals surface area contributed by atoms with Gasteiger partial charge in [-0.1, -0.05) is 12.1 Å². The first-order chi connectivity index (χ1) is 17.0. The molecule has 2 N–H and O–H groups in total. The summed E-state index contributed by atoms with van der Waals surface area (Å²) in [6.07, 6.45) is 7.14. The number of aliphatic hydroxyl groups is 1. The summed E-state index contributed by atoms with van der Waals surface area (Å²) in [5.41, 5.74) is 3.97. The maximum absolute atomic E-state index is 13.6. The first-order valence-corrected chi connectivity index (χ1v) is 11.3. The van der Waals surface area contributed by atoms with E-state index in [0.29, 0.717) is 31.0 Å². The quantitative estimate of drug-likeness (QED) is 0.292. The Morgan fingerprint density at radius 2 is 1.86 bits per heavy atom. The van der Waals surface area contributed by atoms with E-state index in [0.717, 1.165) is 40.9 Å². The van der Waals surface area contributed by atoms with Crippen molar-refractivity contribution in [2.45, 2.75) is 25.6 Å². The van der Waals surface area contributed by atoms with Gasteiger partial charge in [-0.05, 0) is 59.9 Å². The zero-order chi connectivity index (χ0) is 24.4. The molecule has 1 aliphatic rings. The highest BCUT2D eigenvalue weighted by Crippen LogP contribution is 2.37. The first-order valence-electron chi connectivity index (χ1n) is 11.3. The SMILES string of the molecule is OC(NCCn1ccnc1)c1cccc2c1CCN2c1cc(Cc2cc(F)c(F)c(F)c2)ccn1. The summed E-state index contributed by atoms with van der Waals surface area (Å²) in [7, 11) is 0. The fraction of sp³-hybridized carbons (Fsp3) is 0.231. The third-order valence-corrected chi connectivity index (χ3v) is 6.16. The maximum Gasteiger partial charge on any atom is 0.194 e. The minimum Gasteiger partial charge on any atom is -0.374 e. The number of hydrogen-bond donors (Lipinski definition) is 2. The Bertz CT molecular complexity index is 1310. The van der Waals surface area contributed by atoms with Crippen LogP contribution in [0.2, 0.25) is 0 Å². The number of anilines is 2. The summed E-state index contributed by atoms with van der Waals surface area (Å²) < 4.78 is 42.5. The lowest BCUT2D eigenvalue weighted by Crippen LogP contribution is -2.25. The maximum atomic E-state index is 13.6. The molecule has 0 saturated carbocycles. The van der Waals surface area contributed by atoms with Gasteiger partial charge in [0.25, 0.3) is 0 Å². The lowest BCUT2D eigenvalue weighted by Gasteiger charge is -2.21. The smallest absolute Gasteiger partial charge is 0.194 e. The van der Waals surface area contributed by atoms with E-state index in [4.69, 9.17) is 0 Å². The number of rotatable bonds is 8. The summed E-state index contributed by atoms with van der Waals surface area (Å²) in [4.78, 5) is 10.6. The van der Waals surface area contributed by atoms with E-state index in [9.17, 15) is 18.3 Å². The average Bonchev–Trinajstić information content (AvgIpc) is 3.52. The second kappa shape index (κ2) is 9.89. The van der Waals surface area contributed by atoms with E-state index >= 15 is 0 Å². The number of nitrogens with one attached hydrogen (secondary N) is 1. The molecule has 6 nitrogen and oxygen atoms in total. The number of hydrogen-bond acceptors (Lipinski definition) is 5. The number of pyridine rings is 1. The van der Waals surface area contributed by atoms with Crippen LogP contribution < -0.4 is 10.2 Å². The van der Waals surface area contributed by atoms with Gasteiger partial charge in [-0.2, -0.15) is 0 Å². The number of halogens is 3. The van der Waals surface area contributed by atoms with E-state index in [1.165, 1.54) is 0 Å². The van der Waals surface area contributed by atoms with Gasteiger partial charge in [0.15, 0.2) is 17.5 Å². The molecule has 2 aromatic carbocycles. The fourth-order valence-electron chi connectivity index (χ4n) is 4.48. The van der Waals surface area contributed by atoms with Crippen LogP contribution in [0.4, 0.5) is 24.7 Å². The highest BCUT2D eigenvalue weighted by molar-refractivity contribution is 5.69. The van der Waals surface area contributed by atoms with Crippen LogP contribution in [0.25, 0.3) is 0 Å². The summed E-state index contributed by atoms with van der Waals surface area (Å²) in [5, 5.41) is 13.9. The summed E-state index contributed by atoms with van der Waals surface area (Å²) in [6, 6.07) is 11.5. The van der Waals surface area contributed by atoms with Gasteiger partial charge in [0.05, 0.1) is 6.33 Å². The molecule has 3 heterocycles. The van der Waals surface area contributed by atoms with Crippen molar-refractivity contribution in [1.82, 2.24) is 19.9 Å². The topological polar surface area (TPSA) is 66.2 Å². The number of fused-ring (bicyclic) bond motifs is 1. The molecule has 4 aromatic rings. The second-order valence-corrected chi connectivity index (χ2v) is 8.48. The summed E-state index contributed by atoms with van der Waals surface area (Å²) >= 11 is 0. The van der Waals surface area contributed by atoms with Gasteiger partial charge in [0.1, 0.15) is 12.0 Å². The molecule has 0 aliphatic carbocycles. The van der Waals surface area contributed by atoms with Crippen molar-refractivity contribution in [1.29, 1.82) is 0 Å². The predicted octanol–water partition coefficient (Wildman–Crippen LogP) is 4.26. The van der Waals surface area contributed by atoms with Crippen molar-refractivity contribution in [2.75, 3.05) is 18.0 Å². The molecule has 1 unspecified atom stereocenters. The number of nitrogens with zero attached hydrogens (tertiary/aromatic N) is 4. The van der Waals surface area contributed by atoms with Crippen LogP contribution in [0.1, 0.15) is 28.5 Å². The number of benzene rings is 2. The Morgan fingerprint density at radius 3 is 2.63 bits per heavy atom. The monoisotopic (exact) mass is 479 g/mol. The lowest BCUT2D eigenvalue weighted by molar-refractivity contribution is 0.137. The molecular weight excluding hydrogens is 455 g/mol. The molecule has 0 fully saturated rings. The van der Waals surface area contributed by atoms with Crippen LogP contribution in [0.5, 0.6) is 0 Å². The van der Waals surface area contributed by atoms with Gasteiger partial charge in [0, 0.05) is 49.5 Å². The van der Waals surface area contributed by atoms with Crippen LogP contribution in [0, 0.1) is 17.5 Å². The molecule has 0 bridgehead atoms. The standard InChI is InChI=1S/C26H24F3N5O/c27-21-13-18(14-22(28)25(21)29)12-17-4-6-31-24(15-17)34-9-5-19-20(2-1-3-23(19)34)26(35)32-8-11-33-10-7-30-16-33/h1-4,6-7,10,13-16,26,32,35H,5,8-9,11-12H2. The van der Waals surface area contributed by atoms with Crippen LogP contribution >= 0.6 is 0 Å². The van der Waals surface area contributed by atoms with Gasteiger partial charge in [-0.3, -0.25) is 5.32 Å². The van der Waals surface area contributed by atoms with Crippen LogP contribution in [-0.4, -0.2) is 32.7 Å². The Labute approximate surface area is 200 Å². The average molecular weight is 480 g/mol. The molecule has 5 rings (SSSR count). The van der Waals surface area contributed by atoms with E-state index in [2.05, 4.69) is 20.2 Å². The minimum atomic E-state index is -1.47. The molecule has 1 aliphatic heterocycles. The van der Waals surface area contributed by atoms with Crippen molar-refractivity contribution in [2.24, 2.45) is 0 Å². The molecule has 0 spiro atoms. The lowest BCUT2D eigenvalue weighted by atomic mass is 10.0. The second-order valence-electron chi connectivity index (χ2n) is 8.48. The first kappa shape index (κ1) is 23.1. The summed E-state index contributed by atoms with van der Waals surface area (Å²) in [5.74, 6) is -3.17. The van der Waals surface area contributed by atoms with E-state index < -0.39 is 23.7 Å². The number of aromatic nitrogens is 3. The Balaban J connectivity index is 1.32. The van der Waals surface area contributed by atoms with Crippen LogP contribution in [0.15, 0.2) is 67.4 Å². The van der Waals surface area contributed by atoms with Gasteiger partial charge >= 0.3 is 0 Å². The zero-order valence-corrected chi connectivity index (χ0v) is 18.8. The van der Waals surface area contributed by atoms with Crippen molar-refractivity contribution in [3.05, 3.63) is 107 Å². The Kier molecular flexibility index (Phi) is 6.52. The third-order valence-electron chi connectivity index (χ3n) is 6.16. The molecule has 2 aromatic heterocycles. The molecule has 9 heteroatoms. The normalized spacial score (nSPS) is 13.8. The van der Waals surface area contributed by atoms with Crippen LogP contribution in [0.3, 0.4) is 0 Å². The van der Waals surface area contributed by atoms with Gasteiger partial charge in [-0.25, -0.2) is 23.1 Å². The highest BCUT2D eigenvalue weighted by Gasteiger charge is 2.26. The van der Waals surface area contributed by atoms with E-state index in [1.807, 2.05) is 35.0 Å². The number of aliphatic hydroxyl groups excluding tert-OH is 1. The fourth-order valence-corrected chi connectivity index (χ4v) is 4.48. The van der Waals surface area contributed by atoms with Gasteiger partial charge < -0.3 is 14.6 Å². The van der Waals surface area contributed by atoms with Gasteiger partial charge in [-0.15, -0.1) is 0 Å². The molecule has 180 valence electrons. The van der Waals surface area contributed by atoms with Crippen molar-refractivity contribution >= 4 is 11.5 Å². The Morgan fingerprint density at radius 1 is 1.03 bits per heavy atom. The minimum absolute atomic E-state index is 0.240. The van der Waals surface area contributed by atoms with Crippen molar-refractivity contribution in [3.63, 3.8) is 0 Å². The molecule has 35 heavy (non-hydrogen) atoms. The van der Waals surface area contributed by atoms with E-state index in [1.54, 1.807) is 24.8 Å². The predicted molar refractivity (Wildman–Crippen MR) is 126 cm³/mol. The molecule has 0 saturated heterocycles. The largest absolute Gasteiger partial charge is 0.374 e. The van der Waals surface area contributed by atoms with E-state index in [-0.39, 0.29) is 6.42 Å². The molecule has 0 radical (unpaired) electrons. The Hall–Kier alpha value is -3.69.